The molecule has 2 unspecified atom stereocenters. The number of nitrogens with zero attached hydrogens (tertiary/aromatic N) is 5. The quantitative estimate of drug-likeness (QED) is 0.488. The fourth-order valence-corrected chi connectivity index (χ4v) is 6.37. The van der Waals surface area contributed by atoms with Crippen molar-refractivity contribution in [1.82, 2.24) is 25.1 Å². The van der Waals surface area contributed by atoms with Gasteiger partial charge < -0.3 is 29.2 Å². The van der Waals surface area contributed by atoms with E-state index in [1.807, 2.05) is 23.0 Å². The predicted octanol–water partition coefficient (Wildman–Crippen LogP) is 3.78. The first-order chi connectivity index (χ1) is 19.6. The van der Waals surface area contributed by atoms with Gasteiger partial charge in [0.2, 0.25) is 0 Å². The summed E-state index contributed by atoms with van der Waals surface area (Å²) in [4.78, 5) is 24.2. The minimum Gasteiger partial charge on any atom is -0.410 e. The molecule has 1 N–H and O–H groups in total. The van der Waals surface area contributed by atoms with Gasteiger partial charge in [0, 0.05) is 38.0 Å². The van der Waals surface area contributed by atoms with Crippen molar-refractivity contribution < 1.29 is 28.1 Å². The van der Waals surface area contributed by atoms with Gasteiger partial charge in [0.1, 0.15) is 18.2 Å². The molecule has 2 atom stereocenters. The number of anilines is 1. The maximum absolute atomic E-state index is 12.3. The van der Waals surface area contributed by atoms with Crippen LogP contribution in [0.15, 0.2) is 30.5 Å². The molecule has 1 amide bonds. The van der Waals surface area contributed by atoms with Crippen LogP contribution < -0.4 is 15.0 Å². The molecule has 4 fully saturated rings. The number of aromatic nitrogens is 4. The zero-order valence-electron chi connectivity index (χ0n) is 22.3. The third kappa shape index (κ3) is 4.88. The lowest BCUT2D eigenvalue weighted by Gasteiger charge is -2.35. The van der Waals surface area contributed by atoms with Gasteiger partial charge in [-0.25, -0.2) is 23.8 Å². The Balaban J connectivity index is 1.21. The van der Waals surface area contributed by atoms with Crippen LogP contribution in [-0.4, -0.2) is 83.4 Å². The van der Waals surface area contributed by atoms with E-state index in [9.17, 15) is 9.18 Å². The van der Waals surface area contributed by atoms with Crippen molar-refractivity contribution in [2.75, 3.05) is 44.4 Å². The maximum atomic E-state index is 12.3. The summed E-state index contributed by atoms with van der Waals surface area (Å²) in [6, 6.07) is 7.21. The third-order valence-electron chi connectivity index (χ3n) is 8.34. The number of carbonyl (C=O) groups is 1. The van der Waals surface area contributed by atoms with E-state index in [0.717, 1.165) is 74.0 Å². The molecule has 3 saturated heterocycles. The fourth-order valence-electron chi connectivity index (χ4n) is 6.37. The number of carbonyl (C=O) groups excluding carboxylic acids is 1. The summed E-state index contributed by atoms with van der Waals surface area (Å²) in [7, 11) is 0. The highest BCUT2D eigenvalue weighted by Gasteiger charge is 2.41. The van der Waals surface area contributed by atoms with Crippen molar-refractivity contribution in [1.29, 1.82) is 0 Å². The first-order valence-corrected chi connectivity index (χ1v) is 14.1. The second-order valence-corrected chi connectivity index (χ2v) is 10.9. The molecular weight excluding hydrogens is 519 g/mol. The zero-order valence-corrected chi connectivity index (χ0v) is 22.3. The van der Waals surface area contributed by atoms with Crippen LogP contribution in [0.1, 0.15) is 44.6 Å². The molecule has 1 aromatic carbocycles. The monoisotopic (exact) mass is 552 g/mol. The van der Waals surface area contributed by atoms with Gasteiger partial charge in [0.05, 0.1) is 43.0 Å². The standard InChI is InChI=1S/C28H33FN6O5/c29-11-12-30-27(36)40-20-3-1-18(2-4-20)24-32-25(34-16-21-5-6-22(17-34)39-21)23-15-31-35(26(23)33-24)19-7-9-28(10-8-19)37-13-14-38-28/h1-4,15,19,21-22H,5-14,16-17H2,(H,30,36). The van der Waals surface area contributed by atoms with E-state index in [0.29, 0.717) is 24.8 Å². The predicted molar refractivity (Wildman–Crippen MR) is 143 cm³/mol. The summed E-state index contributed by atoms with van der Waals surface area (Å²) in [5, 5.41) is 8.12. The molecule has 5 heterocycles. The highest BCUT2D eigenvalue weighted by atomic mass is 19.1. The van der Waals surface area contributed by atoms with Crippen molar-refractivity contribution in [3.63, 3.8) is 0 Å². The van der Waals surface area contributed by atoms with E-state index < -0.39 is 18.6 Å². The largest absolute Gasteiger partial charge is 0.412 e. The SMILES string of the molecule is O=C(NCCF)Oc1ccc(-c2nc(N3CC4CCC(C3)O4)c3cnn(C4CCC5(CC4)OCCO5)c3n2)cc1. The summed E-state index contributed by atoms with van der Waals surface area (Å²) < 4.78 is 37.6. The van der Waals surface area contributed by atoms with E-state index in [1.165, 1.54) is 0 Å². The number of fused-ring (bicyclic) bond motifs is 3. The van der Waals surface area contributed by atoms with Gasteiger partial charge in [-0.05, 0) is 49.9 Å². The van der Waals surface area contributed by atoms with Gasteiger partial charge in [-0.1, -0.05) is 0 Å². The molecule has 3 aromatic rings. The van der Waals surface area contributed by atoms with Crippen LogP contribution in [0.25, 0.3) is 22.4 Å². The molecule has 0 radical (unpaired) electrons. The number of morpholine rings is 1. The number of alkyl halides is 1. The van der Waals surface area contributed by atoms with Gasteiger partial charge >= 0.3 is 6.09 Å². The van der Waals surface area contributed by atoms with E-state index in [1.54, 1.807) is 12.1 Å². The fraction of sp³-hybridized carbons (Fsp3) is 0.571. The molecule has 212 valence electrons. The average Bonchev–Trinajstić information content (AvgIpc) is 3.71. The first-order valence-electron chi connectivity index (χ1n) is 14.1. The average molecular weight is 553 g/mol. The van der Waals surface area contributed by atoms with Gasteiger partial charge in [-0.2, -0.15) is 5.10 Å². The molecule has 1 spiro atoms. The molecule has 40 heavy (non-hydrogen) atoms. The molecule has 1 aliphatic carbocycles. The van der Waals surface area contributed by atoms with Crippen LogP contribution in [0, 0.1) is 0 Å². The summed E-state index contributed by atoms with van der Waals surface area (Å²) in [5.74, 6) is 1.35. The number of halogens is 1. The van der Waals surface area contributed by atoms with Crippen molar-refractivity contribution in [3.8, 4) is 17.1 Å². The lowest BCUT2D eigenvalue weighted by molar-refractivity contribution is -0.181. The van der Waals surface area contributed by atoms with Gasteiger partial charge in [0.25, 0.3) is 0 Å². The van der Waals surface area contributed by atoms with E-state index in [-0.39, 0.29) is 24.8 Å². The van der Waals surface area contributed by atoms with Gasteiger partial charge in [-0.3, -0.25) is 0 Å². The number of hydrogen-bond acceptors (Lipinski definition) is 9. The highest BCUT2D eigenvalue weighted by Crippen LogP contribution is 2.42. The summed E-state index contributed by atoms with van der Waals surface area (Å²) in [5.41, 5.74) is 1.60. The first kappa shape index (κ1) is 25.6. The van der Waals surface area contributed by atoms with Crippen LogP contribution in [0.4, 0.5) is 15.0 Å². The van der Waals surface area contributed by atoms with Gasteiger partial charge in [-0.15, -0.1) is 0 Å². The number of ether oxygens (including phenoxy) is 4. The number of hydrogen-bond donors (Lipinski definition) is 1. The van der Waals surface area contributed by atoms with E-state index in [4.69, 9.17) is 34.0 Å². The Labute approximate surface area is 230 Å². The topological polar surface area (TPSA) is 113 Å². The summed E-state index contributed by atoms with van der Waals surface area (Å²) in [6.07, 6.45) is 7.20. The molecular formula is C28H33FN6O5. The Bertz CT molecular complexity index is 1360. The van der Waals surface area contributed by atoms with Gasteiger partial charge in [0.15, 0.2) is 17.3 Å². The maximum Gasteiger partial charge on any atom is 0.412 e. The molecule has 12 heteroatoms. The molecule has 4 aliphatic rings. The number of benzene rings is 1. The number of amides is 1. The Morgan fingerprint density at radius 2 is 1.77 bits per heavy atom. The second kappa shape index (κ2) is 10.6. The van der Waals surface area contributed by atoms with Crippen molar-refractivity contribution in [3.05, 3.63) is 30.5 Å². The minimum absolute atomic E-state index is 0.0908. The number of nitrogens with one attached hydrogen (secondary N) is 1. The van der Waals surface area contributed by atoms with E-state index >= 15 is 0 Å². The van der Waals surface area contributed by atoms with Crippen LogP contribution in [0.2, 0.25) is 0 Å². The molecule has 7 rings (SSSR count). The van der Waals surface area contributed by atoms with Crippen LogP contribution in [-0.2, 0) is 14.2 Å². The highest BCUT2D eigenvalue weighted by molar-refractivity contribution is 5.89. The molecule has 11 nitrogen and oxygen atoms in total. The van der Waals surface area contributed by atoms with E-state index in [2.05, 4.69) is 10.2 Å². The van der Waals surface area contributed by atoms with Crippen LogP contribution in [0.3, 0.4) is 0 Å². The molecule has 2 bridgehead atoms. The summed E-state index contributed by atoms with van der Waals surface area (Å²) in [6.45, 7) is 2.14. The third-order valence-corrected chi connectivity index (χ3v) is 8.34. The lowest BCUT2D eigenvalue weighted by Crippen LogP contribution is -2.43. The lowest BCUT2D eigenvalue weighted by atomic mass is 9.90. The molecule has 2 aromatic heterocycles. The van der Waals surface area contributed by atoms with Crippen LogP contribution >= 0.6 is 0 Å². The Morgan fingerprint density at radius 3 is 2.48 bits per heavy atom. The molecule has 1 saturated carbocycles. The summed E-state index contributed by atoms with van der Waals surface area (Å²) >= 11 is 0. The number of rotatable bonds is 6. The minimum atomic E-state index is -0.695. The smallest absolute Gasteiger partial charge is 0.410 e. The Hall–Kier alpha value is -3.35. The Kier molecular flexibility index (Phi) is 6.76. The zero-order chi connectivity index (χ0) is 27.1. The Morgan fingerprint density at radius 1 is 1.05 bits per heavy atom. The van der Waals surface area contributed by atoms with Crippen molar-refractivity contribution in [2.24, 2.45) is 0 Å². The molecule has 3 aliphatic heterocycles. The van der Waals surface area contributed by atoms with Crippen LogP contribution in [0.5, 0.6) is 5.75 Å². The second-order valence-electron chi connectivity index (χ2n) is 10.9. The normalized spacial score (nSPS) is 24.2. The van der Waals surface area contributed by atoms with Crippen molar-refractivity contribution >= 4 is 22.9 Å². The van der Waals surface area contributed by atoms with Crippen molar-refractivity contribution in [2.45, 2.75) is 62.6 Å².